The molecule has 1 rings (SSSR count). The van der Waals surface area contributed by atoms with E-state index in [9.17, 15) is 21.6 Å². The van der Waals surface area contributed by atoms with E-state index < -0.39 is 22.6 Å². The predicted molar refractivity (Wildman–Crippen MR) is 76.5 cm³/mol. The van der Waals surface area contributed by atoms with Gasteiger partial charge in [0.15, 0.2) is 0 Å². The van der Waals surface area contributed by atoms with Gasteiger partial charge >= 0.3 is 6.18 Å². The third-order valence-electron chi connectivity index (χ3n) is 3.84. The van der Waals surface area contributed by atoms with Gasteiger partial charge in [-0.3, -0.25) is 0 Å². The minimum Gasteiger partial charge on any atom is -0.314 e. The molecule has 0 aliphatic carbocycles. The largest absolute Gasteiger partial charge is 0.389 e. The van der Waals surface area contributed by atoms with Gasteiger partial charge in [-0.25, -0.2) is 12.7 Å². The number of alkyl halides is 3. The number of nitrogens with zero attached hydrogens (tertiary/aromatic N) is 1. The number of hydrogen-bond acceptors (Lipinski definition) is 3. The summed E-state index contributed by atoms with van der Waals surface area (Å²) < 4.78 is 61.6. The maximum absolute atomic E-state index is 12.3. The third-order valence-corrected chi connectivity index (χ3v) is 5.11. The Balaban J connectivity index is 2.54. The van der Waals surface area contributed by atoms with Crippen molar-refractivity contribution in [2.24, 2.45) is 5.92 Å². The van der Waals surface area contributed by atoms with Crippen LogP contribution in [-0.2, 0) is 10.0 Å². The van der Waals surface area contributed by atoms with Crippen molar-refractivity contribution in [2.45, 2.75) is 51.2 Å². The summed E-state index contributed by atoms with van der Waals surface area (Å²) in [5.41, 5.74) is 0. The van der Waals surface area contributed by atoms with E-state index >= 15 is 0 Å². The Bertz CT molecular complexity index is 412. The van der Waals surface area contributed by atoms with Crippen LogP contribution in [0.15, 0.2) is 0 Å². The van der Waals surface area contributed by atoms with Crippen molar-refractivity contribution >= 4 is 10.0 Å². The van der Waals surface area contributed by atoms with Crippen molar-refractivity contribution in [3.8, 4) is 0 Å². The average Bonchev–Trinajstić information content (AvgIpc) is 2.35. The lowest BCUT2D eigenvalue weighted by Crippen LogP contribution is -2.42. The molecule has 0 aromatic carbocycles. The van der Waals surface area contributed by atoms with Crippen molar-refractivity contribution in [3.63, 3.8) is 0 Å². The van der Waals surface area contributed by atoms with Crippen LogP contribution in [0.3, 0.4) is 0 Å². The molecule has 0 saturated carbocycles. The summed E-state index contributed by atoms with van der Waals surface area (Å²) in [6, 6.07) is -0.207. The van der Waals surface area contributed by atoms with Gasteiger partial charge in [0.1, 0.15) is 0 Å². The van der Waals surface area contributed by atoms with Crippen LogP contribution in [-0.4, -0.2) is 50.8 Å². The zero-order chi connectivity index (χ0) is 16.1. The van der Waals surface area contributed by atoms with Crippen LogP contribution >= 0.6 is 0 Å². The smallest absolute Gasteiger partial charge is 0.314 e. The van der Waals surface area contributed by atoms with Gasteiger partial charge in [-0.15, -0.1) is 0 Å². The van der Waals surface area contributed by atoms with Gasteiger partial charge in [0, 0.05) is 25.6 Å². The van der Waals surface area contributed by atoms with Gasteiger partial charge in [-0.1, -0.05) is 6.92 Å². The molecule has 1 aliphatic rings. The molecule has 126 valence electrons. The lowest BCUT2D eigenvalue weighted by Gasteiger charge is -2.33. The fraction of sp³-hybridized carbons (Fsp3) is 1.00. The Morgan fingerprint density at radius 1 is 1.38 bits per heavy atom. The van der Waals surface area contributed by atoms with E-state index in [4.69, 9.17) is 0 Å². The summed E-state index contributed by atoms with van der Waals surface area (Å²) >= 11 is 0. The fourth-order valence-electron chi connectivity index (χ4n) is 2.85. The maximum atomic E-state index is 12.3. The van der Waals surface area contributed by atoms with Crippen LogP contribution in [0.4, 0.5) is 13.2 Å². The molecular formula is C13H25F3N2O2S. The zero-order valence-electron chi connectivity index (χ0n) is 12.6. The van der Waals surface area contributed by atoms with E-state index in [-0.39, 0.29) is 18.4 Å². The minimum absolute atomic E-state index is 0.0483. The number of hydrogen-bond donors (Lipinski definition) is 1. The molecular weight excluding hydrogens is 305 g/mol. The fourth-order valence-corrected chi connectivity index (χ4v) is 3.80. The first kappa shape index (κ1) is 18.7. The van der Waals surface area contributed by atoms with Crippen LogP contribution < -0.4 is 5.32 Å². The lowest BCUT2D eigenvalue weighted by molar-refractivity contribution is -0.136. The molecule has 21 heavy (non-hydrogen) atoms. The number of piperidine rings is 1. The van der Waals surface area contributed by atoms with Crippen molar-refractivity contribution in [2.75, 3.05) is 25.9 Å². The van der Waals surface area contributed by atoms with E-state index in [1.165, 1.54) is 10.6 Å². The van der Waals surface area contributed by atoms with Crippen LogP contribution in [0.1, 0.15) is 39.0 Å². The Morgan fingerprint density at radius 3 is 2.57 bits per heavy atom. The Hall–Kier alpha value is -0.340. The first-order valence-corrected chi connectivity index (χ1v) is 9.22. The van der Waals surface area contributed by atoms with E-state index in [0.29, 0.717) is 26.1 Å². The highest BCUT2D eigenvalue weighted by Crippen LogP contribution is 2.27. The summed E-state index contributed by atoms with van der Waals surface area (Å²) in [7, 11) is -3.21. The SMILES string of the molecule is CCNC(CCC(F)(F)F)CC1CCCN(S(C)(=O)=O)C1. The first-order valence-electron chi connectivity index (χ1n) is 7.37. The number of nitrogens with one attached hydrogen (secondary N) is 1. The molecule has 1 N–H and O–H groups in total. The highest BCUT2D eigenvalue weighted by atomic mass is 32.2. The van der Waals surface area contributed by atoms with Gasteiger partial charge in [-0.2, -0.15) is 13.2 Å². The third kappa shape index (κ3) is 7.46. The highest BCUT2D eigenvalue weighted by molar-refractivity contribution is 7.88. The van der Waals surface area contributed by atoms with E-state index in [2.05, 4.69) is 5.32 Å². The summed E-state index contributed by atoms with van der Waals surface area (Å²) in [6.45, 7) is 3.42. The van der Waals surface area contributed by atoms with Gasteiger partial charge in [-0.05, 0) is 38.1 Å². The van der Waals surface area contributed by atoms with Crippen molar-refractivity contribution in [1.29, 1.82) is 0 Å². The van der Waals surface area contributed by atoms with Crippen molar-refractivity contribution in [3.05, 3.63) is 0 Å². The first-order chi connectivity index (χ1) is 9.62. The molecule has 0 amide bonds. The summed E-state index contributed by atoms with van der Waals surface area (Å²) in [6.07, 6.45) is -1.47. The van der Waals surface area contributed by atoms with Gasteiger partial charge in [0.05, 0.1) is 6.26 Å². The molecule has 2 atom stereocenters. The number of rotatable bonds is 7. The molecule has 1 aliphatic heterocycles. The van der Waals surface area contributed by atoms with E-state index in [0.717, 1.165) is 12.8 Å². The molecule has 1 saturated heterocycles. The molecule has 8 heteroatoms. The van der Waals surface area contributed by atoms with E-state index in [1.807, 2.05) is 6.92 Å². The second-order valence-corrected chi connectivity index (χ2v) is 7.76. The van der Waals surface area contributed by atoms with Gasteiger partial charge < -0.3 is 5.32 Å². The monoisotopic (exact) mass is 330 g/mol. The maximum Gasteiger partial charge on any atom is 0.389 e. The summed E-state index contributed by atoms with van der Waals surface area (Å²) in [5.74, 6) is 0.130. The van der Waals surface area contributed by atoms with Gasteiger partial charge in [0.25, 0.3) is 0 Å². The summed E-state index contributed by atoms with van der Waals surface area (Å²) in [4.78, 5) is 0. The molecule has 1 fully saturated rings. The summed E-state index contributed by atoms with van der Waals surface area (Å²) in [5, 5.41) is 3.09. The number of sulfonamides is 1. The van der Waals surface area contributed by atoms with Crippen LogP contribution in [0.5, 0.6) is 0 Å². The Morgan fingerprint density at radius 2 is 2.05 bits per heavy atom. The van der Waals surface area contributed by atoms with Crippen molar-refractivity contribution in [1.82, 2.24) is 9.62 Å². The molecule has 2 unspecified atom stereocenters. The Labute approximate surface area is 125 Å². The molecule has 0 bridgehead atoms. The standard InChI is InChI=1S/C13H25F3N2O2S/c1-3-17-12(6-7-13(14,15)16)9-11-5-4-8-18(10-11)21(2,19)20/h11-12,17H,3-10H2,1-2H3. The number of halogens is 3. The van der Waals surface area contributed by atoms with Crippen LogP contribution in [0.25, 0.3) is 0 Å². The van der Waals surface area contributed by atoms with Crippen LogP contribution in [0, 0.1) is 5.92 Å². The molecule has 0 aromatic heterocycles. The second-order valence-electron chi connectivity index (χ2n) is 5.77. The Kier molecular flexibility index (Phi) is 6.93. The second kappa shape index (κ2) is 7.78. The highest BCUT2D eigenvalue weighted by Gasteiger charge is 2.31. The minimum atomic E-state index is -4.14. The van der Waals surface area contributed by atoms with E-state index in [1.54, 1.807) is 0 Å². The predicted octanol–water partition coefficient (Wildman–Crippen LogP) is 2.37. The molecule has 4 nitrogen and oxygen atoms in total. The molecule has 0 aromatic rings. The topological polar surface area (TPSA) is 49.4 Å². The normalized spacial score (nSPS) is 23.2. The van der Waals surface area contributed by atoms with Crippen LogP contribution in [0.2, 0.25) is 0 Å². The zero-order valence-corrected chi connectivity index (χ0v) is 13.4. The molecule has 0 spiro atoms. The molecule has 0 radical (unpaired) electrons. The van der Waals surface area contributed by atoms with Gasteiger partial charge in [0.2, 0.25) is 10.0 Å². The van der Waals surface area contributed by atoms with Crippen molar-refractivity contribution < 1.29 is 21.6 Å². The molecule has 1 heterocycles. The average molecular weight is 330 g/mol. The quantitative estimate of drug-likeness (QED) is 0.780. The lowest BCUT2D eigenvalue weighted by atomic mass is 9.90.